The second-order valence-corrected chi connectivity index (χ2v) is 4.85. The van der Waals surface area contributed by atoms with Gasteiger partial charge < -0.3 is 4.74 Å². The van der Waals surface area contributed by atoms with Crippen molar-refractivity contribution in [1.29, 1.82) is 0 Å². The summed E-state index contributed by atoms with van der Waals surface area (Å²) in [5.41, 5.74) is 4.38. The minimum absolute atomic E-state index is 0.220. The number of ether oxygens (including phenoxy) is 1. The van der Waals surface area contributed by atoms with Crippen LogP contribution in [0.1, 0.15) is 16.7 Å². The van der Waals surface area contributed by atoms with Gasteiger partial charge in [0, 0.05) is 11.6 Å². The second-order valence-electron chi connectivity index (χ2n) is 4.85. The maximum absolute atomic E-state index is 12.9. The quantitative estimate of drug-likeness (QED) is 0.711. The van der Waals surface area contributed by atoms with Crippen LogP contribution >= 0.6 is 0 Å². The predicted octanol–water partition coefficient (Wildman–Crippen LogP) is 3.56. The van der Waals surface area contributed by atoms with Crippen LogP contribution in [0.3, 0.4) is 0 Å². The summed E-state index contributed by atoms with van der Waals surface area (Å²) in [4.78, 5) is 0. The minimum Gasteiger partial charge on any atom is -0.429 e. The van der Waals surface area contributed by atoms with Gasteiger partial charge in [0.1, 0.15) is 5.82 Å². The monoisotopic (exact) mass is 256 g/mol. The molecule has 3 rings (SSSR count). The van der Waals surface area contributed by atoms with E-state index in [1.807, 2.05) is 17.7 Å². The van der Waals surface area contributed by atoms with Crippen LogP contribution < -0.4 is 4.74 Å². The molecular formula is C16H15FNO+. The molecule has 0 saturated heterocycles. The molecule has 0 saturated carbocycles. The zero-order chi connectivity index (χ0) is 13.4. The van der Waals surface area contributed by atoms with Gasteiger partial charge in [0.25, 0.3) is 12.4 Å². The highest BCUT2D eigenvalue weighted by Crippen LogP contribution is 2.36. The Bertz CT molecular complexity index is 659. The molecule has 0 unspecified atom stereocenters. The molecule has 0 amide bonds. The van der Waals surface area contributed by atoms with Crippen LogP contribution in [0.4, 0.5) is 10.1 Å². The number of hydrogen-bond donors (Lipinski definition) is 0. The summed E-state index contributed by atoms with van der Waals surface area (Å²) in [6.45, 7) is 4.62. The molecule has 0 fully saturated rings. The van der Waals surface area contributed by atoms with Crippen molar-refractivity contribution >= 4 is 11.9 Å². The Morgan fingerprint density at radius 2 is 1.89 bits per heavy atom. The lowest BCUT2D eigenvalue weighted by molar-refractivity contribution is -0.452. The molecular weight excluding hydrogens is 241 g/mol. The van der Waals surface area contributed by atoms with E-state index in [1.54, 1.807) is 12.1 Å². The van der Waals surface area contributed by atoms with Crippen molar-refractivity contribution in [2.45, 2.75) is 13.8 Å². The molecule has 1 aliphatic heterocycles. The molecule has 0 aliphatic carbocycles. The van der Waals surface area contributed by atoms with Crippen molar-refractivity contribution in [3.8, 4) is 5.75 Å². The fourth-order valence-corrected chi connectivity index (χ4v) is 2.37. The van der Waals surface area contributed by atoms with Crippen LogP contribution in [-0.4, -0.2) is 17.5 Å². The molecule has 0 radical (unpaired) electrons. The van der Waals surface area contributed by atoms with Gasteiger partial charge in [-0.05, 0) is 49.2 Å². The van der Waals surface area contributed by atoms with Crippen molar-refractivity contribution in [2.24, 2.45) is 0 Å². The van der Waals surface area contributed by atoms with Gasteiger partial charge in [0.15, 0.2) is 6.21 Å². The highest BCUT2D eigenvalue weighted by atomic mass is 19.1. The average Bonchev–Trinajstić information content (AvgIpc) is 2.76. The third-order valence-corrected chi connectivity index (χ3v) is 3.23. The Labute approximate surface area is 111 Å². The minimum atomic E-state index is -0.220. The van der Waals surface area contributed by atoms with E-state index in [0.717, 1.165) is 22.6 Å². The smallest absolute Gasteiger partial charge is 0.293 e. The topological polar surface area (TPSA) is 12.2 Å². The normalized spacial score (nSPS) is 15.4. The number of fused-ring (bicyclic) bond motifs is 1. The van der Waals surface area contributed by atoms with E-state index in [1.165, 1.54) is 17.7 Å². The fourth-order valence-electron chi connectivity index (χ4n) is 2.37. The summed E-state index contributed by atoms with van der Waals surface area (Å²) >= 11 is 0. The molecule has 0 atom stereocenters. The van der Waals surface area contributed by atoms with Gasteiger partial charge >= 0.3 is 0 Å². The highest BCUT2D eigenvalue weighted by molar-refractivity contribution is 5.77. The Morgan fingerprint density at radius 3 is 2.63 bits per heavy atom. The fraction of sp³-hybridized carbons (Fsp3) is 0.188. The third-order valence-electron chi connectivity index (χ3n) is 3.23. The summed E-state index contributed by atoms with van der Waals surface area (Å²) in [7, 11) is 0. The van der Waals surface area contributed by atoms with Gasteiger partial charge in [-0.25, -0.2) is 4.39 Å². The Balaban J connectivity index is 2.04. The molecule has 2 aromatic rings. The lowest BCUT2D eigenvalue weighted by atomic mass is 10.1. The van der Waals surface area contributed by atoms with E-state index in [-0.39, 0.29) is 5.82 Å². The molecule has 1 aliphatic rings. The van der Waals surface area contributed by atoms with Gasteiger partial charge in [0.05, 0.1) is 0 Å². The van der Waals surface area contributed by atoms with E-state index in [2.05, 4.69) is 19.1 Å². The molecule has 19 heavy (non-hydrogen) atoms. The SMILES string of the molecule is Cc1cc(C)c2c(c1)/[N+](=C\c1ccc(F)cc1)CO2. The lowest BCUT2D eigenvalue weighted by Crippen LogP contribution is -2.07. The summed E-state index contributed by atoms with van der Waals surface area (Å²) in [6.07, 6.45) is 1.98. The van der Waals surface area contributed by atoms with Gasteiger partial charge in [-0.1, -0.05) is 6.07 Å². The number of rotatable bonds is 1. The summed E-state index contributed by atoms with van der Waals surface area (Å²) in [5, 5.41) is 0. The predicted molar refractivity (Wildman–Crippen MR) is 72.9 cm³/mol. The summed E-state index contributed by atoms with van der Waals surface area (Å²) < 4.78 is 20.7. The number of aryl methyl sites for hydroxylation is 2. The number of benzene rings is 2. The first-order valence-corrected chi connectivity index (χ1v) is 6.24. The van der Waals surface area contributed by atoms with Gasteiger partial charge in [0.2, 0.25) is 5.75 Å². The Hall–Kier alpha value is -2.16. The largest absolute Gasteiger partial charge is 0.429 e. The zero-order valence-electron chi connectivity index (χ0n) is 11.0. The van der Waals surface area contributed by atoms with Gasteiger partial charge in [-0.3, -0.25) is 0 Å². The zero-order valence-corrected chi connectivity index (χ0v) is 11.0. The first-order valence-electron chi connectivity index (χ1n) is 6.24. The maximum Gasteiger partial charge on any atom is 0.293 e. The third kappa shape index (κ3) is 2.24. The van der Waals surface area contributed by atoms with Crippen molar-refractivity contribution in [2.75, 3.05) is 6.73 Å². The Morgan fingerprint density at radius 1 is 1.16 bits per heavy atom. The number of hydrogen-bond acceptors (Lipinski definition) is 1. The van der Waals surface area contributed by atoms with Crippen LogP contribution in [0, 0.1) is 19.7 Å². The molecule has 2 nitrogen and oxygen atoms in total. The van der Waals surface area contributed by atoms with Crippen molar-refractivity contribution in [3.05, 3.63) is 58.9 Å². The van der Waals surface area contributed by atoms with E-state index < -0.39 is 0 Å². The van der Waals surface area contributed by atoms with E-state index in [4.69, 9.17) is 4.74 Å². The maximum atomic E-state index is 12.9. The number of halogens is 1. The van der Waals surface area contributed by atoms with Crippen LogP contribution in [0.25, 0.3) is 0 Å². The van der Waals surface area contributed by atoms with E-state index in [9.17, 15) is 4.39 Å². The summed E-state index contributed by atoms with van der Waals surface area (Å²) in [6, 6.07) is 10.7. The van der Waals surface area contributed by atoms with Crippen molar-refractivity contribution in [3.63, 3.8) is 0 Å². The van der Waals surface area contributed by atoms with Crippen molar-refractivity contribution < 1.29 is 13.7 Å². The van der Waals surface area contributed by atoms with E-state index >= 15 is 0 Å². The summed E-state index contributed by atoms with van der Waals surface area (Å²) in [5.74, 6) is 0.714. The lowest BCUT2D eigenvalue weighted by Gasteiger charge is -1.99. The second kappa shape index (κ2) is 4.50. The van der Waals surface area contributed by atoms with Gasteiger partial charge in [-0.2, -0.15) is 4.58 Å². The average molecular weight is 256 g/mol. The molecule has 3 heteroatoms. The highest BCUT2D eigenvalue weighted by Gasteiger charge is 2.27. The first kappa shape index (κ1) is 11.9. The first-order chi connectivity index (χ1) is 9.13. The van der Waals surface area contributed by atoms with Crippen LogP contribution in [0.5, 0.6) is 5.75 Å². The molecule has 2 aromatic carbocycles. The molecule has 0 aromatic heterocycles. The molecule has 0 N–H and O–H groups in total. The van der Waals surface area contributed by atoms with Crippen molar-refractivity contribution in [1.82, 2.24) is 0 Å². The van der Waals surface area contributed by atoms with Crippen LogP contribution in [0.15, 0.2) is 36.4 Å². The number of nitrogens with zero attached hydrogens (tertiary/aromatic N) is 1. The molecule has 96 valence electrons. The van der Waals surface area contributed by atoms with Crippen LogP contribution in [0.2, 0.25) is 0 Å². The molecule has 0 spiro atoms. The van der Waals surface area contributed by atoms with Gasteiger partial charge in [-0.15, -0.1) is 0 Å². The Kier molecular flexibility index (Phi) is 2.82. The van der Waals surface area contributed by atoms with Crippen LogP contribution in [-0.2, 0) is 0 Å². The molecule has 0 bridgehead atoms. The molecule has 1 heterocycles. The van der Waals surface area contributed by atoms with E-state index in [0.29, 0.717) is 6.73 Å². The standard InChI is InChI=1S/C16H15FNO/c1-11-7-12(2)16-15(8-11)18(10-19-16)9-13-3-5-14(17)6-4-13/h3-9H,10H2,1-2H3/q+1/b18-9-.